The van der Waals surface area contributed by atoms with Gasteiger partial charge < -0.3 is 4.90 Å². The van der Waals surface area contributed by atoms with Crippen molar-refractivity contribution in [3.63, 3.8) is 0 Å². The quantitative estimate of drug-likeness (QED) is 0.848. The van der Waals surface area contributed by atoms with E-state index in [1.165, 1.54) is 0 Å². The molecule has 18 heavy (non-hydrogen) atoms. The number of aromatic nitrogens is 2. The summed E-state index contributed by atoms with van der Waals surface area (Å²) in [5, 5.41) is 9.97. The standard InChI is InChI=1S/C8H14N4OS.2C2H6/c1-11-3-2-4-12-7(6-11)5-8(10-12)14(9)13;2*1-2/h5H,2-4,6,9H2,1H3;2*1-2H3. The van der Waals surface area contributed by atoms with Gasteiger partial charge in [0.25, 0.3) is 0 Å². The van der Waals surface area contributed by atoms with E-state index in [-0.39, 0.29) is 0 Å². The third-order valence-corrected chi connectivity index (χ3v) is 3.00. The minimum absolute atomic E-state index is 0.482. The first-order valence-corrected chi connectivity index (χ1v) is 7.79. The van der Waals surface area contributed by atoms with Crippen molar-refractivity contribution < 1.29 is 4.21 Å². The van der Waals surface area contributed by atoms with E-state index in [9.17, 15) is 4.21 Å². The van der Waals surface area contributed by atoms with Crippen LogP contribution in [0.5, 0.6) is 0 Å². The Morgan fingerprint density at radius 3 is 2.44 bits per heavy atom. The summed E-state index contributed by atoms with van der Waals surface area (Å²) in [5.41, 5.74) is 1.10. The summed E-state index contributed by atoms with van der Waals surface area (Å²) in [7, 11) is 0.610. The molecular formula is C12H26N4OS. The predicted octanol–water partition coefficient (Wildman–Crippen LogP) is 1.75. The molecule has 0 amide bonds. The van der Waals surface area contributed by atoms with Crippen molar-refractivity contribution in [3.05, 3.63) is 11.8 Å². The second kappa shape index (κ2) is 9.24. The van der Waals surface area contributed by atoms with Crippen LogP contribution in [-0.2, 0) is 24.1 Å². The summed E-state index contributed by atoms with van der Waals surface area (Å²) in [6.07, 6.45) is 1.07. The van der Waals surface area contributed by atoms with Gasteiger partial charge in [-0.3, -0.25) is 4.68 Å². The molecule has 0 saturated carbocycles. The molecule has 2 rings (SSSR count). The van der Waals surface area contributed by atoms with Gasteiger partial charge in [0.05, 0.1) is 5.69 Å². The first-order chi connectivity index (χ1) is 8.66. The van der Waals surface area contributed by atoms with E-state index in [2.05, 4.69) is 17.0 Å². The Kier molecular flexibility index (Phi) is 8.87. The topological polar surface area (TPSA) is 64.2 Å². The van der Waals surface area contributed by atoms with Gasteiger partial charge in [0, 0.05) is 19.6 Å². The zero-order valence-corrected chi connectivity index (χ0v) is 13.0. The predicted molar refractivity (Wildman–Crippen MR) is 76.5 cm³/mol. The molecule has 1 aliphatic heterocycles. The number of nitrogens with two attached hydrogens (primary N) is 1. The number of aryl methyl sites for hydroxylation is 1. The van der Waals surface area contributed by atoms with Gasteiger partial charge in [0.2, 0.25) is 0 Å². The van der Waals surface area contributed by atoms with E-state index in [0.717, 1.165) is 31.7 Å². The maximum absolute atomic E-state index is 11.0. The van der Waals surface area contributed by atoms with Gasteiger partial charge in [0.1, 0.15) is 11.0 Å². The van der Waals surface area contributed by atoms with Crippen molar-refractivity contribution in [1.29, 1.82) is 0 Å². The Morgan fingerprint density at radius 2 is 1.89 bits per heavy atom. The van der Waals surface area contributed by atoms with E-state index in [1.807, 2.05) is 38.4 Å². The second-order valence-electron chi connectivity index (χ2n) is 3.59. The Morgan fingerprint density at radius 1 is 1.28 bits per heavy atom. The lowest BCUT2D eigenvalue weighted by Crippen LogP contribution is -2.17. The number of hydrogen-bond donors (Lipinski definition) is 1. The SMILES string of the molecule is CC.CC.CN1CCCn2nc(S(N)=O)cc2C1. The molecular weight excluding hydrogens is 248 g/mol. The highest BCUT2D eigenvalue weighted by molar-refractivity contribution is 7.82. The van der Waals surface area contributed by atoms with Gasteiger partial charge >= 0.3 is 0 Å². The fraction of sp³-hybridized carbons (Fsp3) is 0.750. The van der Waals surface area contributed by atoms with Crippen molar-refractivity contribution in [2.45, 2.75) is 52.2 Å². The zero-order valence-electron chi connectivity index (χ0n) is 12.1. The normalized spacial score (nSPS) is 16.3. The Bertz CT molecular complexity index is 365. The van der Waals surface area contributed by atoms with Crippen molar-refractivity contribution >= 4 is 11.0 Å². The van der Waals surface area contributed by atoms with Crippen molar-refractivity contribution in [2.75, 3.05) is 13.6 Å². The first kappa shape index (κ1) is 17.3. The highest BCUT2D eigenvalue weighted by atomic mass is 32.2. The molecule has 1 aromatic heterocycles. The molecule has 0 radical (unpaired) electrons. The van der Waals surface area contributed by atoms with Gasteiger partial charge in [-0.2, -0.15) is 5.10 Å². The number of rotatable bonds is 1. The van der Waals surface area contributed by atoms with Crippen molar-refractivity contribution in [3.8, 4) is 0 Å². The summed E-state index contributed by atoms with van der Waals surface area (Å²) in [4.78, 5) is 2.23. The number of hydrogen-bond acceptors (Lipinski definition) is 3. The van der Waals surface area contributed by atoms with Crippen LogP contribution in [0.1, 0.15) is 39.8 Å². The molecule has 2 N–H and O–H groups in total. The molecule has 2 heterocycles. The molecule has 0 aromatic carbocycles. The van der Waals surface area contributed by atoms with Crippen LogP contribution in [0.2, 0.25) is 0 Å². The highest BCUT2D eigenvalue weighted by Gasteiger charge is 2.15. The lowest BCUT2D eigenvalue weighted by Gasteiger charge is -2.10. The van der Waals surface area contributed by atoms with E-state index in [1.54, 1.807) is 0 Å². The summed E-state index contributed by atoms with van der Waals surface area (Å²) in [6.45, 7) is 10.8. The Balaban J connectivity index is 0.000000659. The van der Waals surface area contributed by atoms with Crippen LogP contribution < -0.4 is 5.14 Å². The Hall–Kier alpha value is -0.720. The van der Waals surface area contributed by atoms with E-state index >= 15 is 0 Å². The van der Waals surface area contributed by atoms with Crippen LogP contribution in [0.4, 0.5) is 0 Å². The average Bonchev–Trinajstić information content (AvgIpc) is 2.70. The average molecular weight is 274 g/mol. The molecule has 106 valence electrons. The molecule has 0 saturated heterocycles. The molecule has 0 fully saturated rings. The molecule has 0 aliphatic carbocycles. The fourth-order valence-corrected chi connectivity index (χ4v) is 2.13. The molecule has 0 bridgehead atoms. The van der Waals surface area contributed by atoms with Crippen molar-refractivity contribution in [1.82, 2.24) is 14.7 Å². The van der Waals surface area contributed by atoms with Crippen LogP contribution >= 0.6 is 0 Å². The van der Waals surface area contributed by atoms with Crippen LogP contribution in [0.3, 0.4) is 0 Å². The summed E-state index contributed by atoms with van der Waals surface area (Å²) < 4.78 is 12.9. The number of fused-ring (bicyclic) bond motifs is 1. The Labute approximate surface area is 113 Å². The van der Waals surface area contributed by atoms with Crippen LogP contribution in [-0.4, -0.2) is 32.5 Å². The molecule has 6 heteroatoms. The van der Waals surface area contributed by atoms with E-state index < -0.39 is 11.0 Å². The van der Waals surface area contributed by atoms with E-state index in [4.69, 9.17) is 5.14 Å². The molecule has 1 unspecified atom stereocenters. The van der Waals surface area contributed by atoms with Gasteiger partial charge in [-0.1, -0.05) is 27.7 Å². The fourth-order valence-electron chi connectivity index (χ4n) is 1.69. The highest BCUT2D eigenvalue weighted by Crippen LogP contribution is 2.13. The summed E-state index contributed by atoms with van der Waals surface area (Å²) >= 11 is 0. The van der Waals surface area contributed by atoms with Crippen LogP contribution in [0.25, 0.3) is 0 Å². The molecule has 5 nitrogen and oxygen atoms in total. The second-order valence-corrected chi connectivity index (χ2v) is 4.60. The first-order valence-electron chi connectivity index (χ1n) is 6.58. The maximum Gasteiger partial charge on any atom is 0.164 e. The largest absolute Gasteiger partial charge is 0.300 e. The van der Waals surface area contributed by atoms with Gasteiger partial charge in [-0.05, 0) is 19.5 Å². The smallest absolute Gasteiger partial charge is 0.164 e. The van der Waals surface area contributed by atoms with Gasteiger partial charge in [-0.25, -0.2) is 9.35 Å². The minimum atomic E-state index is -1.46. The van der Waals surface area contributed by atoms with Crippen LogP contribution in [0, 0.1) is 0 Å². The van der Waals surface area contributed by atoms with Gasteiger partial charge in [-0.15, -0.1) is 0 Å². The molecule has 1 aromatic rings. The third kappa shape index (κ3) is 4.88. The van der Waals surface area contributed by atoms with Crippen LogP contribution in [0.15, 0.2) is 11.1 Å². The minimum Gasteiger partial charge on any atom is -0.300 e. The lowest BCUT2D eigenvalue weighted by atomic mass is 10.4. The maximum atomic E-state index is 11.0. The lowest BCUT2D eigenvalue weighted by molar-refractivity contribution is 0.332. The van der Waals surface area contributed by atoms with E-state index in [0.29, 0.717) is 5.03 Å². The summed E-state index contributed by atoms with van der Waals surface area (Å²) in [6, 6.07) is 1.83. The summed E-state index contributed by atoms with van der Waals surface area (Å²) in [5.74, 6) is 0. The third-order valence-electron chi connectivity index (χ3n) is 2.39. The molecule has 1 atom stereocenters. The zero-order chi connectivity index (χ0) is 14.1. The van der Waals surface area contributed by atoms with Gasteiger partial charge in [0.15, 0.2) is 5.03 Å². The molecule has 0 spiro atoms. The molecule has 1 aliphatic rings. The number of nitrogens with zero attached hydrogens (tertiary/aromatic N) is 3. The van der Waals surface area contributed by atoms with Crippen molar-refractivity contribution in [2.24, 2.45) is 5.14 Å². The monoisotopic (exact) mass is 274 g/mol.